The zero-order chi connectivity index (χ0) is 12.4. The molecule has 0 aliphatic rings. The molecule has 0 aliphatic heterocycles. The Balaban J connectivity index is 2.49. The van der Waals surface area contributed by atoms with E-state index in [2.05, 4.69) is 20.7 Å². The molecule has 0 aliphatic carbocycles. The molecule has 0 atom stereocenters. The van der Waals surface area contributed by atoms with Gasteiger partial charge in [0.05, 0.1) is 12.8 Å². The van der Waals surface area contributed by atoms with Crippen molar-refractivity contribution in [2.45, 2.75) is 0 Å². The second kappa shape index (κ2) is 4.89. The van der Waals surface area contributed by atoms with Crippen LogP contribution in [0.2, 0.25) is 0 Å². The summed E-state index contributed by atoms with van der Waals surface area (Å²) in [7, 11) is 1.35. The highest BCUT2D eigenvalue weighted by atomic mass is 79.9. The minimum absolute atomic E-state index is 0.397. The van der Waals surface area contributed by atoms with Gasteiger partial charge in [-0.1, -0.05) is 34.1 Å². The Hall–Kier alpha value is -1.33. The molecule has 0 saturated heterocycles. The van der Waals surface area contributed by atoms with Gasteiger partial charge in [-0.25, -0.2) is 4.79 Å². The standard InChI is InChI=1S/C12H10BrNO2S/c1-16-12(15)11-9(14)6-10(17-11)7-4-2-3-5-8(7)13/h2-6H,14H2,1H3. The monoisotopic (exact) mass is 311 g/mol. The number of nitrogen functional groups attached to an aromatic ring is 1. The number of halogens is 1. The van der Waals surface area contributed by atoms with E-state index in [1.807, 2.05) is 24.3 Å². The molecule has 0 amide bonds. The fraction of sp³-hybridized carbons (Fsp3) is 0.0833. The van der Waals surface area contributed by atoms with Crippen LogP contribution in [0.5, 0.6) is 0 Å². The van der Waals surface area contributed by atoms with Gasteiger partial charge in [-0.15, -0.1) is 11.3 Å². The van der Waals surface area contributed by atoms with Crippen molar-refractivity contribution in [1.82, 2.24) is 0 Å². The van der Waals surface area contributed by atoms with E-state index in [-0.39, 0.29) is 0 Å². The van der Waals surface area contributed by atoms with E-state index in [9.17, 15) is 4.79 Å². The van der Waals surface area contributed by atoms with E-state index >= 15 is 0 Å². The van der Waals surface area contributed by atoms with Gasteiger partial charge in [0, 0.05) is 14.9 Å². The molecular weight excluding hydrogens is 302 g/mol. The highest BCUT2D eigenvalue weighted by molar-refractivity contribution is 9.10. The number of rotatable bonds is 2. The topological polar surface area (TPSA) is 52.3 Å². The van der Waals surface area contributed by atoms with E-state index in [1.165, 1.54) is 18.4 Å². The number of carbonyl (C=O) groups excluding carboxylic acids is 1. The fourth-order valence-electron chi connectivity index (χ4n) is 1.45. The van der Waals surface area contributed by atoms with Crippen LogP contribution in [0.15, 0.2) is 34.8 Å². The molecule has 0 spiro atoms. The predicted octanol–water partition coefficient (Wildman–Crippen LogP) is 3.55. The number of esters is 1. The summed E-state index contributed by atoms with van der Waals surface area (Å²) in [6, 6.07) is 9.58. The lowest BCUT2D eigenvalue weighted by molar-refractivity contribution is 0.0607. The smallest absolute Gasteiger partial charge is 0.350 e. The van der Waals surface area contributed by atoms with E-state index in [4.69, 9.17) is 5.73 Å². The maximum Gasteiger partial charge on any atom is 0.350 e. The van der Waals surface area contributed by atoms with Crippen molar-refractivity contribution in [3.8, 4) is 10.4 Å². The third-order valence-corrected chi connectivity index (χ3v) is 4.13. The number of anilines is 1. The van der Waals surface area contributed by atoms with Crippen LogP contribution in [-0.2, 0) is 4.74 Å². The summed E-state index contributed by atoms with van der Waals surface area (Å²) in [6.07, 6.45) is 0. The predicted molar refractivity (Wildman–Crippen MR) is 73.2 cm³/mol. The van der Waals surface area contributed by atoms with Crippen LogP contribution in [-0.4, -0.2) is 13.1 Å². The van der Waals surface area contributed by atoms with Gasteiger partial charge in [0.15, 0.2) is 0 Å². The Morgan fingerprint density at radius 1 is 1.41 bits per heavy atom. The van der Waals surface area contributed by atoms with Crippen LogP contribution < -0.4 is 5.73 Å². The molecule has 2 rings (SSSR count). The number of benzene rings is 1. The van der Waals surface area contributed by atoms with Crippen LogP contribution in [0, 0.1) is 0 Å². The first-order valence-electron chi connectivity index (χ1n) is 4.86. The van der Waals surface area contributed by atoms with Gasteiger partial charge in [-0.2, -0.15) is 0 Å². The minimum Gasteiger partial charge on any atom is -0.465 e. The van der Waals surface area contributed by atoms with Crippen LogP contribution in [0.1, 0.15) is 9.67 Å². The molecule has 0 bridgehead atoms. The van der Waals surface area contributed by atoms with Crippen LogP contribution in [0.3, 0.4) is 0 Å². The summed E-state index contributed by atoms with van der Waals surface area (Å²) in [5.74, 6) is -0.397. The van der Waals surface area contributed by atoms with Gasteiger partial charge in [0.2, 0.25) is 0 Å². The molecule has 1 heterocycles. The molecule has 1 aromatic heterocycles. The third kappa shape index (κ3) is 2.35. The molecule has 17 heavy (non-hydrogen) atoms. The number of methoxy groups -OCH3 is 1. The van der Waals surface area contributed by atoms with Crippen molar-refractivity contribution in [3.05, 3.63) is 39.7 Å². The number of hydrogen-bond acceptors (Lipinski definition) is 4. The number of nitrogens with two attached hydrogens (primary N) is 1. The quantitative estimate of drug-likeness (QED) is 0.863. The van der Waals surface area contributed by atoms with Crippen molar-refractivity contribution in [1.29, 1.82) is 0 Å². The zero-order valence-corrected chi connectivity index (χ0v) is 11.5. The lowest BCUT2D eigenvalue weighted by Crippen LogP contribution is -2.00. The number of carbonyl (C=O) groups is 1. The molecule has 0 saturated carbocycles. The number of ether oxygens (including phenoxy) is 1. The molecule has 3 nitrogen and oxygen atoms in total. The van der Waals surface area contributed by atoms with Gasteiger partial charge < -0.3 is 10.5 Å². The van der Waals surface area contributed by atoms with Crippen molar-refractivity contribution in [2.24, 2.45) is 0 Å². The van der Waals surface area contributed by atoms with E-state index in [0.29, 0.717) is 10.6 Å². The largest absolute Gasteiger partial charge is 0.465 e. The fourth-order valence-corrected chi connectivity index (χ4v) is 3.12. The number of thiophene rings is 1. The molecule has 0 unspecified atom stereocenters. The van der Waals surface area contributed by atoms with Crippen molar-refractivity contribution < 1.29 is 9.53 Å². The first kappa shape index (κ1) is 12.1. The first-order chi connectivity index (χ1) is 8.13. The summed E-state index contributed by atoms with van der Waals surface area (Å²) in [5, 5.41) is 0. The molecular formula is C12H10BrNO2S. The lowest BCUT2D eigenvalue weighted by Gasteiger charge is -1.99. The maximum absolute atomic E-state index is 11.5. The molecule has 0 fully saturated rings. The van der Waals surface area contributed by atoms with Crippen LogP contribution >= 0.6 is 27.3 Å². The van der Waals surface area contributed by atoms with E-state index in [1.54, 1.807) is 6.07 Å². The Kier molecular flexibility index (Phi) is 3.49. The highest BCUT2D eigenvalue weighted by Gasteiger charge is 2.16. The molecule has 0 radical (unpaired) electrons. The normalized spacial score (nSPS) is 10.2. The van der Waals surface area contributed by atoms with Crippen molar-refractivity contribution >= 4 is 38.9 Å². The average molecular weight is 312 g/mol. The molecule has 1 aromatic carbocycles. The van der Waals surface area contributed by atoms with Gasteiger partial charge in [0.25, 0.3) is 0 Å². The Morgan fingerprint density at radius 3 is 2.76 bits per heavy atom. The Labute approximate surface area is 111 Å². The summed E-state index contributed by atoms with van der Waals surface area (Å²) in [5.41, 5.74) is 7.26. The molecule has 2 aromatic rings. The van der Waals surface area contributed by atoms with Crippen molar-refractivity contribution in [3.63, 3.8) is 0 Å². The number of hydrogen-bond donors (Lipinski definition) is 1. The van der Waals surface area contributed by atoms with E-state index in [0.717, 1.165) is 14.9 Å². The summed E-state index contributed by atoms with van der Waals surface area (Å²) in [6.45, 7) is 0. The Bertz CT molecular complexity index is 565. The summed E-state index contributed by atoms with van der Waals surface area (Å²) < 4.78 is 5.65. The second-order valence-corrected chi connectivity index (χ2v) is 5.27. The maximum atomic E-state index is 11.5. The molecule has 5 heteroatoms. The SMILES string of the molecule is COC(=O)c1sc(-c2ccccc2Br)cc1N. The van der Waals surface area contributed by atoms with Gasteiger partial charge >= 0.3 is 5.97 Å². The van der Waals surface area contributed by atoms with Gasteiger partial charge in [-0.05, 0) is 12.1 Å². The van der Waals surface area contributed by atoms with Crippen molar-refractivity contribution in [2.75, 3.05) is 12.8 Å². The average Bonchev–Trinajstić information content (AvgIpc) is 2.71. The van der Waals surface area contributed by atoms with Gasteiger partial charge in [0.1, 0.15) is 4.88 Å². The lowest BCUT2D eigenvalue weighted by atomic mass is 10.2. The second-order valence-electron chi connectivity index (χ2n) is 3.37. The van der Waals surface area contributed by atoms with Crippen LogP contribution in [0.25, 0.3) is 10.4 Å². The third-order valence-electron chi connectivity index (χ3n) is 2.27. The molecule has 88 valence electrons. The Morgan fingerprint density at radius 2 is 2.12 bits per heavy atom. The molecule has 2 N–H and O–H groups in total. The minimum atomic E-state index is -0.397. The van der Waals surface area contributed by atoms with Gasteiger partial charge in [-0.3, -0.25) is 0 Å². The summed E-state index contributed by atoms with van der Waals surface area (Å²) >= 11 is 4.80. The first-order valence-corrected chi connectivity index (χ1v) is 6.47. The van der Waals surface area contributed by atoms with E-state index < -0.39 is 5.97 Å². The highest BCUT2D eigenvalue weighted by Crippen LogP contribution is 2.37. The van der Waals surface area contributed by atoms with Crippen LogP contribution in [0.4, 0.5) is 5.69 Å². The summed E-state index contributed by atoms with van der Waals surface area (Å²) in [4.78, 5) is 12.8. The zero-order valence-electron chi connectivity index (χ0n) is 9.07.